The minimum absolute atomic E-state index is 0.0653. The van der Waals surface area contributed by atoms with E-state index >= 15 is 0 Å². The lowest BCUT2D eigenvalue weighted by atomic mass is 9.78. The SMILES string of the molecule is CN1Cc2cc(Nc3ncc4c(=O)n(-c5c(Cl)cccc5Cl)nc(-c5ccncc5)c4n3)ccc2C(C)(C)C1. The van der Waals surface area contributed by atoms with Gasteiger partial charge in [0, 0.05) is 48.3 Å². The maximum Gasteiger partial charge on any atom is 0.282 e. The molecule has 1 aliphatic heterocycles. The predicted molar refractivity (Wildman–Crippen MR) is 155 cm³/mol. The topological polar surface area (TPSA) is 88.8 Å². The number of anilines is 2. The second-order valence-electron chi connectivity index (χ2n) is 10.4. The van der Waals surface area contributed by atoms with E-state index in [1.54, 1.807) is 30.6 Å². The Kier molecular flexibility index (Phi) is 6.33. The average molecular weight is 558 g/mol. The van der Waals surface area contributed by atoms with Crippen LogP contribution in [0.4, 0.5) is 11.6 Å². The van der Waals surface area contributed by atoms with Crippen LogP contribution >= 0.6 is 23.2 Å². The van der Waals surface area contributed by atoms with Gasteiger partial charge in [-0.2, -0.15) is 9.78 Å². The number of nitrogens with zero attached hydrogens (tertiary/aromatic N) is 6. The van der Waals surface area contributed by atoms with E-state index in [1.807, 2.05) is 18.2 Å². The van der Waals surface area contributed by atoms with Crippen LogP contribution in [0.5, 0.6) is 0 Å². The zero-order valence-corrected chi connectivity index (χ0v) is 23.1. The highest BCUT2D eigenvalue weighted by atomic mass is 35.5. The molecule has 8 nitrogen and oxygen atoms in total. The summed E-state index contributed by atoms with van der Waals surface area (Å²) in [6.45, 7) is 6.39. The van der Waals surface area contributed by atoms with E-state index in [0.717, 1.165) is 24.3 Å². The third-order valence-corrected chi connectivity index (χ3v) is 7.54. The molecule has 6 rings (SSSR count). The average Bonchev–Trinajstić information content (AvgIpc) is 2.89. The maximum absolute atomic E-state index is 13.6. The number of likely N-dealkylation sites (N-methyl/N-ethyl adjacent to an activating group) is 1. The summed E-state index contributed by atoms with van der Waals surface area (Å²) in [5.41, 5.74) is 5.02. The molecule has 196 valence electrons. The van der Waals surface area contributed by atoms with E-state index in [0.29, 0.717) is 32.9 Å². The van der Waals surface area contributed by atoms with E-state index in [-0.39, 0.29) is 10.8 Å². The second-order valence-corrected chi connectivity index (χ2v) is 11.2. The van der Waals surface area contributed by atoms with Crippen LogP contribution in [0.25, 0.3) is 27.8 Å². The Morgan fingerprint density at radius 3 is 2.51 bits per heavy atom. The molecule has 3 aromatic heterocycles. The summed E-state index contributed by atoms with van der Waals surface area (Å²) in [6, 6.07) is 15.0. The van der Waals surface area contributed by atoms with Crippen molar-refractivity contribution in [3.05, 3.63) is 98.6 Å². The van der Waals surface area contributed by atoms with Crippen molar-refractivity contribution in [3.8, 4) is 16.9 Å². The molecule has 0 saturated carbocycles. The van der Waals surface area contributed by atoms with Gasteiger partial charge < -0.3 is 10.2 Å². The number of aromatic nitrogens is 5. The molecule has 4 heterocycles. The number of halogens is 2. The van der Waals surface area contributed by atoms with Gasteiger partial charge in [0.15, 0.2) is 0 Å². The number of benzene rings is 2. The minimum Gasteiger partial charge on any atom is -0.324 e. The fraction of sp³-hybridized carbons (Fsp3) is 0.207. The predicted octanol–water partition coefficient (Wildman–Crippen LogP) is 6.01. The Bertz CT molecular complexity index is 1770. The van der Waals surface area contributed by atoms with Gasteiger partial charge in [-0.3, -0.25) is 9.78 Å². The van der Waals surface area contributed by atoms with Crippen molar-refractivity contribution in [2.45, 2.75) is 25.8 Å². The van der Waals surface area contributed by atoms with Crippen LogP contribution in [0.2, 0.25) is 10.0 Å². The summed E-state index contributed by atoms with van der Waals surface area (Å²) in [6.07, 6.45) is 4.83. The molecule has 10 heteroatoms. The van der Waals surface area contributed by atoms with Gasteiger partial charge in [-0.1, -0.05) is 49.2 Å². The molecule has 0 radical (unpaired) electrons. The van der Waals surface area contributed by atoms with Crippen molar-refractivity contribution in [3.63, 3.8) is 0 Å². The maximum atomic E-state index is 13.6. The summed E-state index contributed by atoms with van der Waals surface area (Å²) in [5.74, 6) is 0.357. The molecule has 1 N–H and O–H groups in total. The lowest BCUT2D eigenvalue weighted by Gasteiger charge is -2.38. The van der Waals surface area contributed by atoms with Crippen LogP contribution in [-0.4, -0.2) is 43.2 Å². The molecule has 0 amide bonds. The highest BCUT2D eigenvalue weighted by Gasteiger charge is 2.30. The fourth-order valence-corrected chi connectivity index (χ4v) is 5.89. The smallest absolute Gasteiger partial charge is 0.282 e. The van der Waals surface area contributed by atoms with Crippen molar-refractivity contribution < 1.29 is 0 Å². The first-order valence-corrected chi connectivity index (χ1v) is 13.2. The van der Waals surface area contributed by atoms with Crippen LogP contribution in [0, 0.1) is 0 Å². The van der Waals surface area contributed by atoms with Crippen LogP contribution in [0.15, 0.2) is 71.9 Å². The molecule has 1 aliphatic rings. The lowest BCUT2D eigenvalue weighted by molar-refractivity contribution is 0.236. The molecule has 0 saturated heterocycles. The first kappa shape index (κ1) is 25.4. The molecule has 0 atom stereocenters. The van der Waals surface area contributed by atoms with E-state index in [2.05, 4.69) is 58.3 Å². The van der Waals surface area contributed by atoms with Gasteiger partial charge in [-0.25, -0.2) is 9.97 Å². The van der Waals surface area contributed by atoms with E-state index in [4.69, 9.17) is 28.2 Å². The highest BCUT2D eigenvalue weighted by molar-refractivity contribution is 6.37. The lowest BCUT2D eigenvalue weighted by Crippen LogP contribution is -2.39. The Morgan fingerprint density at radius 1 is 1.03 bits per heavy atom. The first-order chi connectivity index (χ1) is 18.7. The molecule has 0 spiro atoms. The molecule has 5 aromatic rings. The summed E-state index contributed by atoms with van der Waals surface area (Å²) >= 11 is 12.9. The van der Waals surface area contributed by atoms with Crippen molar-refractivity contribution in [2.24, 2.45) is 0 Å². The van der Waals surface area contributed by atoms with E-state index < -0.39 is 5.56 Å². The van der Waals surface area contributed by atoms with Crippen LogP contribution in [0.1, 0.15) is 25.0 Å². The molecule has 2 aromatic carbocycles. The molecule has 0 bridgehead atoms. The van der Waals surface area contributed by atoms with Gasteiger partial charge in [0.25, 0.3) is 5.56 Å². The van der Waals surface area contributed by atoms with Crippen molar-refractivity contribution in [1.29, 1.82) is 0 Å². The Labute approximate surface area is 235 Å². The molecule has 0 aliphatic carbocycles. The van der Waals surface area contributed by atoms with Crippen LogP contribution in [-0.2, 0) is 12.0 Å². The van der Waals surface area contributed by atoms with Gasteiger partial charge in [-0.15, -0.1) is 0 Å². The minimum atomic E-state index is -0.427. The van der Waals surface area contributed by atoms with Crippen molar-refractivity contribution in [1.82, 2.24) is 29.6 Å². The number of pyridine rings is 1. The molecule has 0 unspecified atom stereocenters. The number of hydrogen-bond donors (Lipinski definition) is 1. The Morgan fingerprint density at radius 2 is 1.77 bits per heavy atom. The van der Waals surface area contributed by atoms with Gasteiger partial charge in [0.1, 0.15) is 16.9 Å². The number of nitrogens with one attached hydrogen (secondary N) is 1. The van der Waals surface area contributed by atoms with Gasteiger partial charge in [-0.05, 0) is 54.6 Å². The van der Waals surface area contributed by atoms with E-state index in [1.165, 1.54) is 22.0 Å². The Hall–Kier alpha value is -3.85. The number of fused-ring (bicyclic) bond motifs is 2. The molecular formula is C29H25Cl2N7O. The zero-order valence-electron chi connectivity index (χ0n) is 21.6. The number of hydrogen-bond acceptors (Lipinski definition) is 7. The number of para-hydroxylation sites is 1. The number of rotatable bonds is 4. The summed E-state index contributed by atoms with van der Waals surface area (Å²) in [4.78, 5) is 29.3. The van der Waals surface area contributed by atoms with Crippen molar-refractivity contribution in [2.75, 3.05) is 18.9 Å². The molecular weight excluding hydrogens is 533 g/mol. The first-order valence-electron chi connectivity index (χ1n) is 12.4. The monoisotopic (exact) mass is 557 g/mol. The molecule has 39 heavy (non-hydrogen) atoms. The van der Waals surface area contributed by atoms with Crippen molar-refractivity contribution >= 4 is 45.7 Å². The third-order valence-electron chi connectivity index (χ3n) is 6.93. The summed E-state index contributed by atoms with van der Waals surface area (Å²) in [5, 5.41) is 8.89. The van der Waals surface area contributed by atoms with Gasteiger partial charge in [0.2, 0.25) is 5.95 Å². The van der Waals surface area contributed by atoms with Gasteiger partial charge >= 0.3 is 0 Å². The second kappa shape index (κ2) is 9.72. The largest absolute Gasteiger partial charge is 0.324 e. The zero-order chi connectivity index (χ0) is 27.3. The van der Waals surface area contributed by atoms with Gasteiger partial charge in [0.05, 0.1) is 15.4 Å². The Balaban J connectivity index is 1.49. The third kappa shape index (κ3) is 4.65. The highest BCUT2D eigenvalue weighted by Crippen LogP contribution is 2.35. The summed E-state index contributed by atoms with van der Waals surface area (Å²) < 4.78 is 1.21. The fourth-order valence-electron chi connectivity index (χ4n) is 5.33. The molecule has 0 fully saturated rings. The summed E-state index contributed by atoms with van der Waals surface area (Å²) in [7, 11) is 2.13. The van der Waals surface area contributed by atoms with E-state index in [9.17, 15) is 4.79 Å². The van der Waals surface area contributed by atoms with Crippen LogP contribution < -0.4 is 10.9 Å². The quantitative estimate of drug-likeness (QED) is 0.289. The normalized spacial score (nSPS) is 14.8. The standard InChI is InChI=1S/C29H25Cl2N7O/c1-29(2)16-37(3)15-18-13-19(7-8-21(18)29)34-28-33-14-20-25(35-28)24(17-9-11-32-12-10-17)36-38(27(20)39)26-22(30)5-4-6-23(26)31/h4-14H,15-16H2,1-3H3,(H,33,34,35). The van der Waals surface area contributed by atoms with Crippen LogP contribution in [0.3, 0.4) is 0 Å².